The van der Waals surface area contributed by atoms with Crippen LogP contribution in [0.1, 0.15) is 18.4 Å². The SMILES string of the molecule is Clc1ccc(C[C@@H]2OCC[C@@H]3OCC[C@H]32)cc1. The molecule has 17 heavy (non-hydrogen) atoms. The number of halogens is 1. The van der Waals surface area contributed by atoms with E-state index < -0.39 is 0 Å². The van der Waals surface area contributed by atoms with Crippen molar-refractivity contribution in [3.8, 4) is 0 Å². The van der Waals surface area contributed by atoms with Crippen molar-refractivity contribution in [3.05, 3.63) is 34.9 Å². The molecule has 92 valence electrons. The largest absolute Gasteiger partial charge is 0.378 e. The van der Waals surface area contributed by atoms with E-state index in [1.54, 1.807) is 0 Å². The molecule has 2 heterocycles. The molecule has 0 N–H and O–H groups in total. The second-order valence-corrected chi connectivity index (χ2v) is 5.33. The molecule has 3 rings (SSSR count). The molecule has 3 heteroatoms. The molecule has 0 unspecified atom stereocenters. The normalized spacial score (nSPS) is 32.4. The molecule has 0 aromatic heterocycles. The van der Waals surface area contributed by atoms with Gasteiger partial charge >= 0.3 is 0 Å². The molecule has 2 fully saturated rings. The summed E-state index contributed by atoms with van der Waals surface area (Å²) in [4.78, 5) is 0. The predicted molar refractivity (Wildman–Crippen MR) is 67.4 cm³/mol. The van der Waals surface area contributed by atoms with E-state index in [0.717, 1.165) is 37.5 Å². The zero-order valence-corrected chi connectivity index (χ0v) is 10.5. The van der Waals surface area contributed by atoms with Crippen molar-refractivity contribution in [1.29, 1.82) is 0 Å². The van der Waals surface area contributed by atoms with Gasteiger partial charge in [0.15, 0.2) is 0 Å². The molecule has 2 saturated heterocycles. The van der Waals surface area contributed by atoms with Gasteiger partial charge in [0, 0.05) is 24.2 Å². The molecule has 0 saturated carbocycles. The van der Waals surface area contributed by atoms with Crippen LogP contribution >= 0.6 is 11.6 Å². The minimum atomic E-state index is 0.317. The van der Waals surface area contributed by atoms with Crippen LogP contribution in [0.3, 0.4) is 0 Å². The highest BCUT2D eigenvalue weighted by Crippen LogP contribution is 2.33. The van der Waals surface area contributed by atoms with E-state index in [-0.39, 0.29) is 0 Å². The predicted octanol–water partition coefficient (Wildman–Crippen LogP) is 3.08. The molecule has 0 spiro atoms. The Morgan fingerprint density at radius 1 is 1.06 bits per heavy atom. The smallest absolute Gasteiger partial charge is 0.0669 e. The number of benzene rings is 1. The molecular formula is C14H17ClO2. The Labute approximate surface area is 107 Å². The van der Waals surface area contributed by atoms with E-state index >= 15 is 0 Å². The number of fused-ring (bicyclic) bond motifs is 1. The van der Waals surface area contributed by atoms with Crippen molar-refractivity contribution in [2.24, 2.45) is 5.92 Å². The van der Waals surface area contributed by atoms with Crippen molar-refractivity contribution in [3.63, 3.8) is 0 Å². The minimum Gasteiger partial charge on any atom is -0.378 e. The minimum absolute atomic E-state index is 0.317. The van der Waals surface area contributed by atoms with Crippen LogP contribution in [0.15, 0.2) is 24.3 Å². The first kappa shape index (κ1) is 11.5. The number of hydrogen-bond donors (Lipinski definition) is 0. The van der Waals surface area contributed by atoms with Crippen LogP contribution in [0.2, 0.25) is 5.02 Å². The third-order valence-electron chi connectivity index (χ3n) is 3.82. The van der Waals surface area contributed by atoms with Gasteiger partial charge in [0.25, 0.3) is 0 Å². The summed E-state index contributed by atoms with van der Waals surface area (Å²) in [6.45, 7) is 1.73. The Balaban J connectivity index is 1.69. The van der Waals surface area contributed by atoms with Crippen molar-refractivity contribution in [2.75, 3.05) is 13.2 Å². The fraction of sp³-hybridized carbons (Fsp3) is 0.571. The summed E-state index contributed by atoms with van der Waals surface area (Å²) in [6.07, 6.45) is 3.92. The first-order valence-electron chi connectivity index (χ1n) is 6.30. The Kier molecular flexibility index (Phi) is 3.37. The molecule has 0 amide bonds. The lowest BCUT2D eigenvalue weighted by atomic mass is 9.87. The maximum absolute atomic E-state index is 5.91. The summed E-state index contributed by atoms with van der Waals surface area (Å²) in [5.41, 5.74) is 1.30. The molecule has 2 nitrogen and oxygen atoms in total. The van der Waals surface area contributed by atoms with Gasteiger partial charge in [-0.05, 0) is 37.0 Å². The van der Waals surface area contributed by atoms with Crippen molar-refractivity contribution in [2.45, 2.75) is 31.5 Å². The zero-order valence-electron chi connectivity index (χ0n) is 9.77. The van der Waals surface area contributed by atoms with Crippen molar-refractivity contribution < 1.29 is 9.47 Å². The quantitative estimate of drug-likeness (QED) is 0.805. The summed E-state index contributed by atoms with van der Waals surface area (Å²) in [5.74, 6) is 0.583. The second kappa shape index (κ2) is 4.97. The molecule has 1 aromatic carbocycles. The average molecular weight is 253 g/mol. The van der Waals surface area contributed by atoms with E-state index in [1.807, 2.05) is 12.1 Å². The third kappa shape index (κ3) is 2.49. The summed E-state index contributed by atoms with van der Waals surface area (Å²) in [6, 6.07) is 8.07. The Hall–Kier alpha value is -0.570. The second-order valence-electron chi connectivity index (χ2n) is 4.89. The van der Waals surface area contributed by atoms with Crippen LogP contribution < -0.4 is 0 Å². The van der Waals surface area contributed by atoms with Crippen LogP contribution in [0.5, 0.6) is 0 Å². The van der Waals surface area contributed by atoms with Crippen LogP contribution in [0, 0.1) is 5.92 Å². The summed E-state index contributed by atoms with van der Waals surface area (Å²) in [7, 11) is 0. The number of hydrogen-bond acceptors (Lipinski definition) is 2. The van der Waals surface area contributed by atoms with Gasteiger partial charge in [-0.3, -0.25) is 0 Å². The van der Waals surface area contributed by atoms with Crippen molar-refractivity contribution >= 4 is 11.6 Å². The maximum atomic E-state index is 5.91. The van der Waals surface area contributed by atoms with Gasteiger partial charge in [-0.15, -0.1) is 0 Å². The standard InChI is InChI=1S/C14H17ClO2/c15-11-3-1-10(2-4-11)9-14-12-5-7-16-13(12)6-8-17-14/h1-4,12-14H,5-9H2/t12-,13+,14+/m1/s1. The fourth-order valence-electron chi connectivity index (χ4n) is 2.91. The van der Waals surface area contributed by atoms with E-state index in [9.17, 15) is 0 Å². The molecular weight excluding hydrogens is 236 g/mol. The van der Waals surface area contributed by atoms with Gasteiger partial charge in [0.2, 0.25) is 0 Å². The monoisotopic (exact) mass is 252 g/mol. The molecule has 0 bridgehead atoms. The molecule has 0 aliphatic carbocycles. The molecule has 2 aliphatic heterocycles. The topological polar surface area (TPSA) is 18.5 Å². The van der Waals surface area contributed by atoms with Crippen LogP contribution in [-0.4, -0.2) is 25.4 Å². The van der Waals surface area contributed by atoms with Crippen LogP contribution in [-0.2, 0) is 15.9 Å². The summed E-state index contributed by atoms with van der Waals surface area (Å²) in [5, 5.41) is 0.792. The Morgan fingerprint density at radius 3 is 2.65 bits per heavy atom. The molecule has 2 aliphatic rings. The van der Waals surface area contributed by atoms with Gasteiger partial charge in [-0.2, -0.15) is 0 Å². The van der Waals surface area contributed by atoms with Gasteiger partial charge in [0.1, 0.15) is 0 Å². The lowest BCUT2D eigenvalue weighted by Gasteiger charge is -2.33. The lowest BCUT2D eigenvalue weighted by molar-refractivity contribution is -0.0731. The van der Waals surface area contributed by atoms with E-state index in [2.05, 4.69) is 12.1 Å². The Bertz CT molecular complexity index is 376. The first-order valence-corrected chi connectivity index (χ1v) is 6.68. The molecule has 1 aromatic rings. The summed E-state index contributed by atoms with van der Waals surface area (Å²) < 4.78 is 11.7. The number of ether oxygens (including phenoxy) is 2. The van der Waals surface area contributed by atoms with E-state index in [0.29, 0.717) is 18.1 Å². The van der Waals surface area contributed by atoms with Gasteiger partial charge in [0.05, 0.1) is 12.2 Å². The van der Waals surface area contributed by atoms with Crippen molar-refractivity contribution in [1.82, 2.24) is 0 Å². The van der Waals surface area contributed by atoms with E-state index in [4.69, 9.17) is 21.1 Å². The van der Waals surface area contributed by atoms with Gasteiger partial charge in [-0.25, -0.2) is 0 Å². The molecule has 0 radical (unpaired) electrons. The van der Waals surface area contributed by atoms with Crippen LogP contribution in [0.25, 0.3) is 0 Å². The van der Waals surface area contributed by atoms with E-state index in [1.165, 1.54) is 5.56 Å². The Morgan fingerprint density at radius 2 is 1.82 bits per heavy atom. The van der Waals surface area contributed by atoms with Gasteiger partial charge in [-0.1, -0.05) is 23.7 Å². The molecule has 3 atom stereocenters. The van der Waals surface area contributed by atoms with Crippen LogP contribution in [0.4, 0.5) is 0 Å². The van der Waals surface area contributed by atoms with Gasteiger partial charge < -0.3 is 9.47 Å². The lowest BCUT2D eigenvalue weighted by Crippen LogP contribution is -2.38. The highest BCUT2D eigenvalue weighted by Gasteiger charge is 2.38. The maximum Gasteiger partial charge on any atom is 0.0669 e. The average Bonchev–Trinajstić information content (AvgIpc) is 2.81. The third-order valence-corrected chi connectivity index (χ3v) is 4.07. The highest BCUT2D eigenvalue weighted by atomic mass is 35.5. The zero-order chi connectivity index (χ0) is 11.7. The number of rotatable bonds is 2. The first-order chi connectivity index (χ1) is 8.33. The summed E-state index contributed by atoms with van der Waals surface area (Å²) >= 11 is 5.89. The highest BCUT2D eigenvalue weighted by molar-refractivity contribution is 6.30. The fourth-order valence-corrected chi connectivity index (χ4v) is 3.04.